The quantitative estimate of drug-likeness (QED) is 0.129. The zero-order chi connectivity index (χ0) is 33.1. The standard InChI is InChI=1S/C11H11NO3S.C11H11NO2S.C11H11NOS/c1-7(13)11-6-8-5-9(16(2,14)15)3-4-10(8)12-11;1-7(13)11-6-8-5-9(15(2)14)3-4-10(8)12-11;1-7(13)11-6-8-5-9(14-2)3-4-10(8)12-11/h3-6,12H,1-2H3;3-6,12H,1-2H3;3-6,12H,1-2H3. The van der Waals surface area contributed by atoms with Crippen molar-refractivity contribution in [3.8, 4) is 0 Å². The molecule has 234 valence electrons. The lowest BCUT2D eigenvalue weighted by Gasteiger charge is -1.97. The van der Waals surface area contributed by atoms with Gasteiger partial charge in [-0.05, 0) is 79.1 Å². The second-order valence-corrected chi connectivity index (χ2v) is 14.7. The van der Waals surface area contributed by atoms with E-state index in [2.05, 4.69) is 21.0 Å². The van der Waals surface area contributed by atoms with E-state index in [9.17, 15) is 27.0 Å². The number of aromatic nitrogens is 3. The fraction of sp³-hybridized carbons (Fsp3) is 0.182. The first-order chi connectivity index (χ1) is 21.2. The van der Waals surface area contributed by atoms with Gasteiger partial charge in [0.2, 0.25) is 0 Å². The van der Waals surface area contributed by atoms with Crippen molar-refractivity contribution in [2.75, 3.05) is 18.8 Å². The molecule has 0 radical (unpaired) electrons. The maximum atomic E-state index is 11.3. The number of aromatic amines is 3. The van der Waals surface area contributed by atoms with Crippen molar-refractivity contribution >= 4 is 82.5 Å². The van der Waals surface area contributed by atoms with Gasteiger partial charge in [0.1, 0.15) is 0 Å². The number of H-pyrrole nitrogens is 3. The summed E-state index contributed by atoms with van der Waals surface area (Å²) in [6.45, 7) is 4.55. The molecule has 6 aromatic rings. The number of Topliss-reactive ketones (excluding diaryl/α,β-unsaturated/α-hetero) is 3. The minimum Gasteiger partial charge on any atom is -0.352 e. The van der Waals surface area contributed by atoms with Gasteiger partial charge in [-0.3, -0.25) is 18.6 Å². The Kier molecular flexibility index (Phi) is 10.3. The van der Waals surface area contributed by atoms with Crippen molar-refractivity contribution in [1.82, 2.24) is 15.0 Å². The number of sulfone groups is 1. The van der Waals surface area contributed by atoms with Gasteiger partial charge in [-0.25, -0.2) is 8.42 Å². The van der Waals surface area contributed by atoms with Crippen LogP contribution >= 0.6 is 11.8 Å². The Morgan fingerprint density at radius 2 is 1.07 bits per heavy atom. The van der Waals surface area contributed by atoms with Crippen molar-refractivity contribution in [1.29, 1.82) is 0 Å². The molecular weight excluding hydrogens is 631 g/mol. The average Bonchev–Trinajstić information content (AvgIpc) is 3.72. The summed E-state index contributed by atoms with van der Waals surface area (Å²) in [5, 5.41) is 2.75. The molecule has 0 fully saturated rings. The second-order valence-electron chi connectivity index (χ2n) is 10.4. The number of carbonyl (C=O) groups is 3. The smallest absolute Gasteiger partial charge is 0.175 e. The van der Waals surface area contributed by atoms with Crippen LogP contribution in [0.1, 0.15) is 52.2 Å². The summed E-state index contributed by atoms with van der Waals surface area (Å²) in [7, 11) is -4.19. The molecule has 45 heavy (non-hydrogen) atoms. The van der Waals surface area contributed by atoms with Gasteiger partial charge in [-0.2, -0.15) is 0 Å². The van der Waals surface area contributed by atoms with Crippen LogP contribution in [0.3, 0.4) is 0 Å². The average molecular weight is 664 g/mol. The number of hydrogen-bond donors (Lipinski definition) is 3. The van der Waals surface area contributed by atoms with Crippen LogP contribution in [0.2, 0.25) is 0 Å². The third-order valence-corrected chi connectivity index (χ3v) is 9.66. The van der Waals surface area contributed by atoms with E-state index < -0.39 is 20.6 Å². The van der Waals surface area contributed by atoms with E-state index in [1.165, 1.54) is 24.8 Å². The fourth-order valence-electron chi connectivity index (χ4n) is 4.44. The van der Waals surface area contributed by atoms with Crippen LogP contribution < -0.4 is 0 Å². The van der Waals surface area contributed by atoms with E-state index in [1.807, 2.05) is 36.6 Å². The highest BCUT2D eigenvalue weighted by Gasteiger charge is 2.11. The number of benzene rings is 3. The first-order valence-corrected chi connectivity index (χ1v) is 18.3. The maximum Gasteiger partial charge on any atom is 0.175 e. The number of rotatable bonds is 6. The Morgan fingerprint density at radius 3 is 1.49 bits per heavy atom. The number of hydrogen-bond acceptors (Lipinski definition) is 7. The largest absolute Gasteiger partial charge is 0.352 e. The van der Waals surface area contributed by atoms with Crippen molar-refractivity contribution in [3.05, 3.63) is 89.9 Å². The lowest BCUT2D eigenvalue weighted by Crippen LogP contribution is -1.95. The lowest BCUT2D eigenvalue weighted by atomic mass is 10.2. The SMILES string of the molecule is CC(=O)c1cc2cc(S(C)(=O)=O)ccc2[nH]1.CC(=O)c1cc2cc(S(C)=O)ccc2[nH]1.CSc1ccc2[nH]c(C(C)=O)cc2c1. The Morgan fingerprint density at radius 1 is 0.644 bits per heavy atom. The minimum atomic E-state index is -3.20. The molecule has 3 aromatic carbocycles. The Labute approximate surface area is 267 Å². The number of nitrogens with one attached hydrogen (secondary N) is 3. The summed E-state index contributed by atoms with van der Waals surface area (Å²) in [5.74, 6) is 0.00868. The van der Waals surface area contributed by atoms with Gasteiger partial charge in [-0.1, -0.05) is 0 Å². The van der Waals surface area contributed by atoms with Crippen molar-refractivity contribution < 1.29 is 27.0 Å². The van der Waals surface area contributed by atoms with E-state index in [0.717, 1.165) is 43.9 Å². The molecule has 9 nitrogen and oxygen atoms in total. The van der Waals surface area contributed by atoms with Gasteiger partial charge < -0.3 is 15.0 Å². The minimum absolute atomic E-state index is 0.00497. The first kappa shape index (κ1) is 33.6. The highest BCUT2D eigenvalue weighted by atomic mass is 32.2. The van der Waals surface area contributed by atoms with Gasteiger partial charge in [0, 0.05) is 86.6 Å². The maximum absolute atomic E-state index is 11.3. The summed E-state index contributed by atoms with van der Waals surface area (Å²) in [6, 6.07) is 21.7. The molecule has 1 unspecified atom stereocenters. The molecule has 3 N–H and O–H groups in total. The van der Waals surface area contributed by atoms with Crippen LogP contribution in [0, 0.1) is 0 Å². The second kappa shape index (κ2) is 13.8. The Bertz CT molecular complexity index is 2190. The molecule has 0 aliphatic rings. The molecule has 0 amide bonds. The highest BCUT2D eigenvalue weighted by molar-refractivity contribution is 7.98. The van der Waals surface area contributed by atoms with Crippen molar-refractivity contribution in [2.45, 2.75) is 35.5 Å². The molecule has 0 saturated heterocycles. The molecule has 0 bridgehead atoms. The zero-order valence-corrected chi connectivity index (χ0v) is 28.1. The molecule has 12 heteroatoms. The van der Waals surface area contributed by atoms with Crippen LogP contribution in [-0.4, -0.2) is 63.7 Å². The Hall–Kier alpha value is -4.26. The summed E-state index contributed by atoms with van der Waals surface area (Å²) in [6.07, 6.45) is 4.84. The van der Waals surface area contributed by atoms with Crippen LogP contribution in [0.5, 0.6) is 0 Å². The van der Waals surface area contributed by atoms with Crippen molar-refractivity contribution in [3.63, 3.8) is 0 Å². The highest BCUT2D eigenvalue weighted by Crippen LogP contribution is 2.23. The summed E-state index contributed by atoms with van der Waals surface area (Å²) >= 11 is 1.70. The predicted molar refractivity (Wildman–Crippen MR) is 182 cm³/mol. The zero-order valence-electron chi connectivity index (χ0n) is 25.6. The summed E-state index contributed by atoms with van der Waals surface area (Å²) < 4.78 is 33.9. The van der Waals surface area contributed by atoms with Crippen LogP contribution in [0.25, 0.3) is 32.7 Å². The molecule has 3 aromatic heterocycles. The third-order valence-electron chi connectivity index (χ3n) is 6.91. The normalized spacial score (nSPS) is 11.9. The molecule has 0 spiro atoms. The van der Waals surface area contributed by atoms with E-state index in [4.69, 9.17) is 0 Å². The van der Waals surface area contributed by atoms with Gasteiger partial charge in [0.05, 0.1) is 22.0 Å². The van der Waals surface area contributed by atoms with Gasteiger partial charge in [-0.15, -0.1) is 11.8 Å². The van der Waals surface area contributed by atoms with Gasteiger partial charge >= 0.3 is 0 Å². The first-order valence-electron chi connectivity index (χ1n) is 13.6. The predicted octanol–water partition coefficient (Wildman–Crippen LogP) is 6.97. The number of ketones is 3. The topological polar surface area (TPSA) is 150 Å². The van der Waals surface area contributed by atoms with Crippen LogP contribution in [0.4, 0.5) is 0 Å². The molecule has 1 atom stereocenters. The van der Waals surface area contributed by atoms with Gasteiger partial charge in [0.25, 0.3) is 0 Å². The Balaban J connectivity index is 0.000000154. The monoisotopic (exact) mass is 663 g/mol. The molecule has 3 heterocycles. The number of thioether (sulfide) groups is 1. The summed E-state index contributed by atoms with van der Waals surface area (Å²) in [5.41, 5.74) is 4.43. The van der Waals surface area contributed by atoms with Crippen LogP contribution in [0.15, 0.2) is 87.5 Å². The van der Waals surface area contributed by atoms with E-state index in [0.29, 0.717) is 17.1 Å². The number of fused-ring (bicyclic) bond motifs is 3. The van der Waals surface area contributed by atoms with E-state index in [1.54, 1.807) is 55.3 Å². The van der Waals surface area contributed by atoms with Gasteiger partial charge in [0.15, 0.2) is 27.2 Å². The van der Waals surface area contributed by atoms with E-state index >= 15 is 0 Å². The molecule has 0 saturated carbocycles. The molecule has 6 rings (SSSR count). The molecular formula is C33H33N3O6S3. The fourth-order valence-corrected chi connectivity index (χ4v) is 6.10. The third kappa shape index (κ3) is 8.27. The molecule has 0 aliphatic carbocycles. The lowest BCUT2D eigenvalue weighted by molar-refractivity contribution is 0.100. The molecule has 0 aliphatic heterocycles. The summed E-state index contributed by atoms with van der Waals surface area (Å²) in [4.78, 5) is 44.7. The van der Waals surface area contributed by atoms with Crippen molar-refractivity contribution in [2.24, 2.45) is 0 Å². The van der Waals surface area contributed by atoms with E-state index in [-0.39, 0.29) is 22.2 Å². The number of carbonyl (C=O) groups excluding carboxylic acids is 3. The van der Waals surface area contributed by atoms with Crippen LogP contribution in [-0.2, 0) is 20.6 Å².